The van der Waals surface area contributed by atoms with Crippen LogP contribution in [-0.4, -0.2) is 64.1 Å². The summed E-state index contributed by atoms with van der Waals surface area (Å²) in [5, 5.41) is 12.7. The van der Waals surface area contributed by atoms with Crippen LogP contribution < -0.4 is 10.9 Å². The van der Waals surface area contributed by atoms with Crippen LogP contribution in [0.15, 0.2) is 41.5 Å². The van der Waals surface area contributed by atoms with Gasteiger partial charge in [0, 0.05) is 42.6 Å². The van der Waals surface area contributed by atoms with Gasteiger partial charge >= 0.3 is 6.09 Å². The van der Waals surface area contributed by atoms with Gasteiger partial charge in [-0.1, -0.05) is 18.2 Å². The molecule has 2 aliphatic heterocycles. The normalized spacial score (nSPS) is 19.0. The highest BCUT2D eigenvalue weighted by Crippen LogP contribution is 2.39. The summed E-state index contributed by atoms with van der Waals surface area (Å²) in [5.74, 6) is -3.25. The predicted octanol–water partition coefficient (Wildman–Crippen LogP) is 3.88. The zero-order valence-electron chi connectivity index (χ0n) is 21.2. The van der Waals surface area contributed by atoms with Gasteiger partial charge in [-0.15, -0.1) is 0 Å². The fraction of sp³-hybridized carbons (Fsp3) is 0.462. The van der Waals surface area contributed by atoms with E-state index in [1.165, 1.54) is 18.5 Å². The maximum absolute atomic E-state index is 15.1. The minimum Gasteiger partial charge on any atom is -0.465 e. The molecule has 13 heteroatoms. The highest BCUT2D eigenvalue weighted by molar-refractivity contribution is 7.91. The lowest BCUT2D eigenvalue weighted by atomic mass is 9.89. The molecule has 1 atom stereocenters. The number of carbonyl (C=O) groups is 1. The number of alkyl halides is 2. The van der Waals surface area contributed by atoms with Gasteiger partial charge in [0.25, 0.3) is 11.5 Å². The maximum atomic E-state index is 15.1. The zero-order valence-corrected chi connectivity index (χ0v) is 22.0. The van der Waals surface area contributed by atoms with Gasteiger partial charge < -0.3 is 20.3 Å². The lowest BCUT2D eigenvalue weighted by molar-refractivity contribution is -0.0528. The molecule has 5 rings (SSSR count). The Bertz CT molecular complexity index is 1560. The molecule has 1 unspecified atom stereocenters. The van der Waals surface area contributed by atoms with Crippen molar-refractivity contribution in [1.82, 2.24) is 19.9 Å². The Balaban J connectivity index is 1.35. The number of nitrogens with one attached hydrogen (secondary N) is 2. The molecule has 208 valence electrons. The second-order valence-corrected chi connectivity index (χ2v) is 12.7. The molecular formula is C26H29F2N5O5S. The van der Waals surface area contributed by atoms with Gasteiger partial charge in [0.05, 0.1) is 16.9 Å². The first kappa shape index (κ1) is 27.0. The van der Waals surface area contributed by atoms with E-state index in [1.54, 1.807) is 25.1 Å². The maximum Gasteiger partial charge on any atom is 0.407 e. The number of pyridine rings is 1. The summed E-state index contributed by atoms with van der Waals surface area (Å²) >= 11 is 0. The van der Waals surface area contributed by atoms with Crippen molar-refractivity contribution in [3.05, 3.63) is 63.7 Å². The zero-order chi connectivity index (χ0) is 27.9. The van der Waals surface area contributed by atoms with E-state index < -0.39 is 40.2 Å². The molecule has 4 heterocycles. The van der Waals surface area contributed by atoms with Crippen molar-refractivity contribution in [2.24, 2.45) is 5.92 Å². The van der Waals surface area contributed by atoms with Gasteiger partial charge in [0.1, 0.15) is 27.6 Å². The Kier molecular flexibility index (Phi) is 7.04. The third-order valence-corrected chi connectivity index (χ3v) is 9.32. The van der Waals surface area contributed by atoms with Crippen molar-refractivity contribution in [2.75, 3.05) is 29.9 Å². The van der Waals surface area contributed by atoms with E-state index in [4.69, 9.17) is 5.11 Å². The number of H-pyrrole nitrogens is 1. The summed E-state index contributed by atoms with van der Waals surface area (Å²) in [6.45, 7) is 2.01. The van der Waals surface area contributed by atoms with Crippen molar-refractivity contribution in [1.29, 1.82) is 0 Å². The number of halogens is 2. The van der Waals surface area contributed by atoms with Gasteiger partial charge in [-0.2, -0.15) is 0 Å². The number of anilines is 1. The first-order chi connectivity index (χ1) is 18.4. The molecule has 1 aromatic carbocycles. The third-order valence-electron chi connectivity index (χ3n) is 7.61. The molecule has 3 aromatic rings. The summed E-state index contributed by atoms with van der Waals surface area (Å²) in [4.78, 5) is 36.0. The number of nitrogens with zero attached hydrogens (tertiary/aromatic N) is 3. The fourth-order valence-electron chi connectivity index (χ4n) is 5.31. The number of benzene rings is 1. The molecule has 0 radical (unpaired) electrons. The van der Waals surface area contributed by atoms with Gasteiger partial charge in [-0.05, 0) is 43.4 Å². The molecular weight excluding hydrogens is 532 g/mol. The Morgan fingerprint density at radius 3 is 2.64 bits per heavy atom. The number of amides is 1. The topological polar surface area (TPSA) is 145 Å². The lowest BCUT2D eigenvalue weighted by Crippen LogP contribution is -2.50. The Hall–Kier alpha value is -3.61. The summed E-state index contributed by atoms with van der Waals surface area (Å²) < 4.78 is 53.8. The first-order valence-corrected chi connectivity index (χ1v) is 14.5. The van der Waals surface area contributed by atoms with Crippen LogP contribution in [0.4, 0.5) is 19.4 Å². The Morgan fingerprint density at radius 2 is 1.95 bits per heavy atom. The minimum absolute atomic E-state index is 0.0299. The van der Waals surface area contributed by atoms with Gasteiger partial charge in [-0.25, -0.2) is 32.0 Å². The summed E-state index contributed by atoms with van der Waals surface area (Å²) in [6.07, 6.45) is 0.484. The Labute approximate surface area is 223 Å². The van der Waals surface area contributed by atoms with Gasteiger partial charge in [0.2, 0.25) is 0 Å². The predicted molar refractivity (Wildman–Crippen MR) is 141 cm³/mol. The number of rotatable bonds is 7. The van der Waals surface area contributed by atoms with E-state index >= 15 is 8.78 Å². The second-order valence-electron chi connectivity index (χ2n) is 10.4. The monoisotopic (exact) mass is 561 g/mol. The fourth-order valence-corrected chi connectivity index (χ4v) is 6.80. The molecule has 2 fully saturated rings. The highest BCUT2D eigenvalue weighted by Gasteiger charge is 2.41. The molecule has 3 N–H and O–H groups in total. The van der Waals surface area contributed by atoms with E-state index in [2.05, 4.69) is 20.3 Å². The van der Waals surface area contributed by atoms with E-state index in [-0.39, 0.29) is 41.6 Å². The van der Waals surface area contributed by atoms with Crippen molar-refractivity contribution in [2.45, 2.75) is 44.1 Å². The highest BCUT2D eigenvalue weighted by atomic mass is 32.2. The van der Waals surface area contributed by atoms with Crippen LogP contribution >= 0.6 is 0 Å². The molecule has 10 nitrogen and oxygen atoms in total. The quantitative estimate of drug-likeness (QED) is 0.394. The van der Waals surface area contributed by atoms with Crippen LogP contribution in [0.1, 0.15) is 54.8 Å². The number of sulfone groups is 1. The molecule has 0 aliphatic carbocycles. The van der Waals surface area contributed by atoms with E-state index in [0.29, 0.717) is 40.8 Å². The van der Waals surface area contributed by atoms with Crippen molar-refractivity contribution >= 4 is 32.8 Å². The molecule has 0 spiro atoms. The number of likely N-dealkylation sites (tertiary alicyclic amines) is 1. The van der Waals surface area contributed by atoms with Crippen molar-refractivity contribution in [3.63, 3.8) is 0 Å². The van der Waals surface area contributed by atoms with Crippen LogP contribution in [0, 0.1) is 5.92 Å². The second kappa shape index (κ2) is 10.2. The number of aromatic nitrogens is 3. The van der Waals surface area contributed by atoms with E-state index in [0.717, 1.165) is 4.90 Å². The molecule has 2 aromatic heterocycles. The van der Waals surface area contributed by atoms with Crippen molar-refractivity contribution < 1.29 is 27.1 Å². The number of carboxylic acid groups (broad SMARTS) is 1. The largest absolute Gasteiger partial charge is 0.465 e. The third kappa shape index (κ3) is 5.72. The average Bonchev–Trinajstić information content (AvgIpc) is 2.86. The molecule has 0 saturated carbocycles. The standard InChI is InChI=1S/C26H29F2N5O5S/c1-15(18-3-2-4-19(9-18)26(27,28)11-16-12-33(13-16)25(35)36)31-22-21-10-20(17-5-7-39(37,38)8-6-17)24(34)32-23(21)30-14-29-22/h2-4,9-10,14-17H,5-8,11-13H2,1H3,(H,35,36)(H2,29,30,31,32,34). The smallest absolute Gasteiger partial charge is 0.407 e. The number of fused-ring (bicyclic) bond motifs is 1. The number of aromatic amines is 1. The van der Waals surface area contributed by atoms with E-state index in [1.807, 2.05) is 0 Å². The molecule has 1 amide bonds. The van der Waals surface area contributed by atoms with Crippen LogP contribution in [0.5, 0.6) is 0 Å². The van der Waals surface area contributed by atoms with E-state index in [9.17, 15) is 18.0 Å². The first-order valence-electron chi connectivity index (χ1n) is 12.7. The van der Waals surface area contributed by atoms with Crippen LogP contribution in [0.25, 0.3) is 11.0 Å². The molecule has 0 bridgehead atoms. The molecule has 2 aliphatic rings. The lowest BCUT2D eigenvalue weighted by Gasteiger charge is -2.38. The SMILES string of the molecule is CC(Nc1ncnc2[nH]c(=O)c(C3CCS(=O)(=O)CC3)cc12)c1cccc(C(F)(F)CC2CN(C(=O)O)C2)c1. The Morgan fingerprint density at radius 1 is 1.23 bits per heavy atom. The van der Waals surface area contributed by atoms with Gasteiger partial charge in [-0.3, -0.25) is 4.79 Å². The summed E-state index contributed by atoms with van der Waals surface area (Å²) in [6, 6.07) is 7.35. The van der Waals surface area contributed by atoms with Crippen LogP contribution in [0.3, 0.4) is 0 Å². The summed E-state index contributed by atoms with van der Waals surface area (Å²) in [5.41, 5.74) is 0.920. The number of hydrogen-bond donors (Lipinski definition) is 3. The van der Waals surface area contributed by atoms with Crippen LogP contribution in [0.2, 0.25) is 0 Å². The summed E-state index contributed by atoms with van der Waals surface area (Å²) in [7, 11) is -3.09. The van der Waals surface area contributed by atoms with Gasteiger partial charge in [0.15, 0.2) is 0 Å². The minimum atomic E-state index is -3.12. The average molecular weight is 562 g/mol. The molecule has 2 saturated heterocycles. The van der Waals surface area contributed by atoms with Crippen LogP contribution in [-0.2, 0) is 15.8 Å². The molecule has 39 heavy (non-hydrogen) atoms. The number of hydrogen-bond acceptors (Lipinski definition) is 7. The van der Waals surface area contributed by atoms with Crippen molar-refractivity contribution in [3.8, 4) is 0 Å².